The van der Waals surface area contributed by atoms with Crippen molar-refractivity contribution in [3.05, 3.63) is 23.8 Å². The van der Waals surface area contributed by atoms with Gasteiger partial charge in [0, 0.05) is 6.42 Å². The van der Waals surface area contributed by atoms with Crippen molar-refractivity contribution >= 4 is 17.5 Å². The van der Waals surface area contributed by atoms with E-state index in [9.17, 15) is 22.8 Å². The number of benzene rings is 1. The molecule has 1 atom stereocenters. The van der Waals surface area contributed by atoms with E-state index in [0.717, 1.165) is 0 Å². The Labute approximate surface area is 118 Å². The van der Waals surface area contributed by atoms with Gasteiger partial charge in [-0.2, -0.15) is 13.2 Å². The molecule has 0 spiro atoms. The fourth-order valence-electron chi connectivity index (χ4n) is 2.09. The molecule has 1 aromatic carbocycles. The Morgan fingerprint density at radius 2 is 2.05 bits per heavy atom. The maximum atomic E-state index is 12.1. The first-order valence-corrected chi connectivity index (χ1v) is 6.19. The maximum absolute atomic E-state index is 12.1. The Bertz CT molecular complexity index is 572. The number of nitrogen functional groups attached to an aromatic ring is 1. The molecule has 0 saturated carbocycles. The van der Waals surface area contributed by atoms with Crippen molar-refractivity contribution in [1.29, 1.82) is 0 Å². The lowest BCUT2D eigenvalue weighted by Crippen LogP contribution is -2.39. The van der Waals surface area contributed by atoms with Gasteiger partial charge in [-0.3, -0.25) is 14.9 Å². The molecule has 21 heavy (non-hydrogen) atoms. The molecule has 1 aliphatic rings. The Morgan fingerprint density at radius 3 is 2.62 bits per heavy atom. The van der Waals surface area contributed by atoms with E-state index in [2.05, 4.69) is 10.1 Å². The molecule has 5 nitrogen and oxygen atoms in total. The molecule has 1 fully saturated rings. The summed E-state index contributed by atoms with van der Waals surface area (Å²) in [5.41, 5.74) is 6.19. The average Bonchev–Trinajstić information content (AvgIpc) is 2.36. The van der Waals surface area contributed by atoms with Crippen molar-refractivity contribution in [3.63, 3.8) is 0 Å². The normalized spacial score (nSPS) is 19.3. The number of rotatable bonds is 3. The van der Waals surface area contributed by atoms with E-state index in [1.807, 2.05) is 0 Å². The highest BCUT2D eigenvalue weighted by atomic mass is 19.4. The van der Waals surface area contributed by atoms with Crippen LogP contribution in [0.1, 0.15) is 24.3 Å². The van der Waals surface area contributed by atoms with Gasteiger partial charge >= 0.3 is 6.18 Å². The van der Waals surface area contributed by atoms with Crippen LogP contribution in [0, 0.1) is 0 Å². The van der Waals surface area contributed by atoms with Gasteiger partial charge in [-0.1, -0.05) is 6.07 Å². The van der Waals surface area contributed by atoms with Crippen LogP contribution in [-0.4, -0.2) is 24.6 Å². The van der Waals surface area contributed by atoms with Crippen LogP contribution in [-0.2, 0) is 9.59 Å². The first-order valence-electron chi connectivity index (χ1n) is 6.19. The zero-order chi connectivity index (χ0) is 15.6. The molecular weight excluding hydrogens is 289 g/mol. The molecule has 0 aliphatic carbocycles. The van der Waals surface area contributed by atoms with E-state index in [4.69, 9.17) is 5.73 Å². The van der Waals surface area contributed by atoms with Crippen LogP contribution in [0.25, 0.3) is 0 Å². The summed E-state index contributed by atoms with van der Waals surface area (Å²) >= 11 is 0. The summed E-state index contributed by atoms with van der Waals surface area (Å²) in [4.78, 5) is 22.8. The Morgan fingerprint density at radius 1 is 1.33 bits per heavy atom. The molecule has 1 aromatic rings. The van der Waals surface area contributed by atoms with Gasteiger partial charge in [0.25, 0.3) is 0 Å². The summed E-state index contributed by atoms with van der Waals surface area (Å²) in [6.45, 7) is -1.44. The highest BCUT2D eigenvalue weighted by molar-refractivity contribution is 6.01. The summed E-state index contributed by atoms with van der Waals surface area (Å²) in [6, 6.07) is 4.16. The van der Waals surface area contributed by atoms with Gasteiger partial charge in [0.2, 0.25) is 11.8 Å². The number of carbonyl (C=O) groups excluding carboxylic acids is 2. The second-order valence-corrected chi connectivity index (χ2v) is 4.70. The van der Waals surface area contributed by atoms with E-state index in [-0.39, 0.29) is 23.8 Å². The highest BCUT2D eigenvalue weighted by Crippen LogP contribution is 2.31. The summed E-state index contributed by atoms with van der Waals surface area (Å²) in [5, 5.41) is 2.21. The summed E-state index contributed by atoms with van der Waals surface area (Å²) in [7, 11) is 0. The van der Waals surface area contributed by atoms with Gasteiger partial charge in [-0.05, 0) is 24.1 Å². The van der Waals surface area contributed by atoms with E-state index in [1.54, 1.807) is 0 Å². The first-order chi connectivity index (χ1) is 9.76. The van der Waals surface area contributed by atoms with E-state index < -0.39 is 24.6 Å². The van der Waals surface area contributed by atoms with Crippen LogP contribution in [0.2, 0.25) is 0 Å². The standard InChI is InChI=1S/C13H13F3N2O3/c14-13(15,16)6-21-10-3-1-7(5-9(10)17)8-2-4-11(19)18-12(8)20/h1,3,5,8H,2,4,6,17H2,(H,18,19,20). The lowest BCUT2D eigenvalue weighted by atomic mass is 9.90. The molecule has 0 bridgehead atoms. The largest absolute Gasteiger partial charge is 0.482 e. The summed E-state index contributed by atoms with van der Waals surface area (Å²) < 4.78 is 40.8. The molecule has 114 valence electrons. The molecule has 3 N–H and O–H groups in total. The molecule has 1 saturated heterocycles. The van der Waals surface area contributed by atoms with Crippen molar-refractivity contribution in [2.24, 2.45) is 0 Å². The first kappa shape index (κ1) is 15.1. The number of halogens is 3. The minimum Gasteiger partial charge on any atom is -0.482 e. The second-order valence-electron chi connectivity index (χ2n) is 4.70. The maximum Gasteiger partial charge on any atom is 0.422 e. The Kier molecular flexibility index (Phi) is 4.06. The number of hydrogen-bond donors (Lipinski definition) is 2. The third kappa shape index (κ3) is 3.87. The fourth-order valence-corrected chi connectivity index (χ4v) is 2.09. The van der Waals surface area contributed by atoms with Crippen LogP contribution in [0.4, 0.5) is 18.9 Å². The van der Waals surface area contributed by atoms with Crippen LogP contribution in [0.15, 0.2) is 18.2 Å². The molecule has 2 rings (SSSR count). The number of piperidine rings is 1. The number of imide groups is 1. The van der Waals surface area contributed by atoms with Crippen molar-refractivity contribution in [3.8, 4) is 5.75 Å². The highest BCUT2D eigenvalue weighted by Gasteiger charge is 2.30. The van der Waals surface area contributed by atoms with Crippen LogP contribution >= 0.6 is 0 Å². The Hall–Kier alpha value is -2.25. The monoisotopic (exact) mass is 302 g/mol. The van der Waals surface area contributed by atoms with Crippen molar-refractivity contribution in [2.75, 3.05) is 12.3 Å². The van der Waals surface area contributed by atoms with Gasteiger partial charge in [-0.25, -0.2) is 0 Å². The number of anilines is 1. The number of amides is 2. The lowest BCUT2D eigenvalue weighted by Gasteiger charge is -2.21. The van der Waals surface area contributed by atoms with Gasteiger partial charge in [-0.15, -0.1) is 0 Å². The van der Waals surface area contributed by atoms with Gasteiger partial charge in [0.1, 0.15) is 5.75 Å². The van der Waals surface area contributed by atoms with Crippen LogP contribution in [0.3, 0.4) is 0 Å². The van der Waals surface area contributed by atoms with Gasteiger partial charge in [0.05, 0.1) is 11.6 Å². The predicted molar refractivity (Wildman–Crippen MR) is 67.5 cm³/mol. The van der Waals surface area contributed by atoms with Crippen LogP contribution < -0.4 is 15.8 Å². The third-order valence-corrected chi connectivity index (χ3v) is 3.07. The summed E-state index contributed by atoms with van der Waals surface area (Å²) in [6.07, 6.45) is -3.90. The van der Waals surface area contributed by atoms with Crippen LogP contribution in [0.5, 0.6) is 5.75 Å². The number of ether oxygens (including phenoxy) is 1. The zero-order valence-electron chi connectivity index (χ0n) is 10.9. The van der Waals surface area contributed by atoms with E-state index in [0.29, 0.717) is 12.0 Å². The third-order valence-electron chi connectivity index (χ3n) is 3.07. The number of hydrogen-bond acceptors (Lipinski definition) is 4. The predicted octanol–water partition coefficient (Wildman–Crippen LogP) is 1.73. The van der Waals surface area contributed by atoms with Gasteiger partial charge < -0.3 is 10.5 Å². The molecule has 0 aromatic heterocycles. The molecule has 1 heterocycles. The Balaban J connectivity index is 2.12. The fraction of sp³-hybridized carbons (Fsp3) is 0.385. The van der Waals surface area contributed by atoms with E-state index in [1.165, 1.54) is 18.2 Å². The second kappa shape index (κ2) is 5.63. The molecule has 0 radical (unpaired) electrons. The molecule has 1 unspecified atom stereocenters. The molecule has 2 amide bonds. The molecule has 8 heteroatoms. The van der Waals surface area contributed by atoms with Gasteiger partial charge in [0.15, 0.2) is 6.61 Å². The quantitative estimate of drug-likeness (QED) is 0.658. The zero-order valence-corrected chi connectivity index (χ0v) is 10.9. The number of nitrogens with one attached hydrogen (secondary N) is 1. The smallest absolute Gasteiger partial charge is 0.422 e. The van der Waals surface area contributed by atoms with Crippen molar-refractivity contribution < 1.29 is 27.5 Å². The number of carbonyl (C=O) groups is 2. The average molecular weight is 302 g/mol. The molecule has 1 aliphatic heterocycles. The lowest BCUT2D eigenvalue weighted by molar-refractivity contribution is -0.153. The molecular formula is C13H13F3N2O3. The SMILES string of the molecule is Nc1cc(C2CCC(=O)NC2=O)ccc1OCC(F)(F)F. The number of alkyl halides is 3. The topological polar surface area (TPSA) is 81.4 Å². The summed E-state index contributed by atoms with van der Waals surface area (Å²) in [5.74, 6) is -1.41. The minimum atomic E-state index is -4.45. The van der Waals surface area contributed by atoms with Crippen molar-refractivity contribution in [2.45, 2.75) is 24.9 Å². The van der Waals surface area contributed by atoms with Crippen molar-refractivity contribution in [1.82, 2.24) is 5.32 Å². The minimum absolute atomic E-state index is 0.0152. The van der Waals surface area contributed by atoms with E-state index >= 15 is 0 Å². The number of nitrogens with two attached hydrogens (primary N) is 1.